The summed E-state index contributed by atoms with van der Waals surface area (Å²) in [5.41, 5.74) is 1.26. The van der Waals surface area contributed by atoms with E-state index >= 15 is 0 Å². The van der Waals surface area contributed by atoms with Crippen molar-refractivity contribution >= 4 is 21.4 Å². The van der Waals surface area contributed by atoms with Crippen LogP contribution in [0.2, 0.25) is 0 Å². The van der Waals surface area contributed by atoms with Crippen LogP contribution in [-0.2, 0) is 4.74 Å². The van der Waals surface area contributed by atoms with Crippen molar-refractivity contribution in [2.75, 3.05) is 44.3 Å². The largest absolute Gasteiger partial charge is 0.379 e. The van der Waals surface area contributed by atoms with E-state index in [1.807, 2.05) is 4.52 Å². The number of morpholine rings is 1. The van der Waals surface area contributed by atoms with Gasteiger partial charge in [-0.3, -0.25) is 4.90 Å². The maximum atomic E-state index is 5.48. The van der Waals surface area contributed by atoms with Crippen LogP contribution in [0.25, 0.3) is 4.96 Å². The second kappa shape index (κ2) is 6.85. The van der Waals surface area contributed by atoms with E-state index in [0.29, 0.717) is 12.0 Å². The third kappa shape index (κ3) is 3.17. The standard InChI is InChI=1S/C18H27N5OS/c1-2-5-14(4-1)16-13-23-17(19-16)25-18(20-23)22-7-3-6-15(22)12-21-8-10-24-11-9-21/h13-15H,1-12H2. The van der Waals surface area contributed by atoms with Crippen molar-refractivity contribution < 1.29 is 4.74 Å². The molecule has 25 heavy (non-hydrogen) atoms. The molecule has 5 rings (SSSR count). The van der Waals surface area contributed by atoms with E-state index < -0.39 is 0 Å². The summed E-state index contributed by atoms with van der Waals surface area (Å²) in [6.45, 7) is 6.15. The van der Waals surface area contributed by atoms with E-state index in [9.17, 15) is 0 Å². The number of anilines is 1. The van der Waals surface area contributed by atoms with Gasteiger partial charge in [-0.25, -0.2) is 9.50 Å². The van der Waals surface area contributed by atoms with Gasteiger partial charge in [0.1, 0.15) is 0 Å². The quantitative estimate of drug-likeness (QED) is 0.838. The molecule has 7 heteroatoms. The maximum absolute atomic E-state index is 5.48. The Labute approximate surface area is 152 Å². The zero-order valence-corrected chi connectivity index (χ0v) is 15.6. The molecule has 2 aromatic rings. The molecule has 2 aromatic heterocycles. The zero-order valence-electron chi connectivity index (χ0n) is 14.8. The fourth-order valence-corrected chi connectivity index (χ4v) is 5.59. The van der Waals surface area contributed by atoms with Gasteiger partial charge in [0.25, 0.3) is 0 Å². The van der Waals surface area contributed by atoms with Crippen molar-refractivity contribution in [2.24, 2.45) is 0 Å². The lowest BCUT2D eigenvalue weighted by molar-refractivity contribution is 0.0355. The molecule has 1 saturated carbocycles. The molecule has 0 aromatic carbocycles. The third-order valence-electron chi connectivity index (χ3n) is 6.02. The lowest BCUT2D eigenvalue weighted by atomic mass is 10.1. The molecule has 0 amide bonds. The summed E-state index contributed by atoms with van der Waals surface area (Å²) in [4.78, 5) is 11.0. The summed E-state index contributed by atoms with van der Waals surface area (Å²) in [6.07, 6.45) is 10.0. The number of rotatable bonds is 4. The number of hydrogen-bond acceptors (Lipinski definition) is 6. The minimum Gasteiger partial charge on any atom is -0.379 e. The van der Waals surface area contributed by atoms with Crippen LogP contribution in [-0.4, -0.2) is 64.9 Å². The molecule has 0 N–H and O–H groups in total. The molecular weight excluding hydrogens is 334 g/mol. The lowest BCUT2D eigenvalue weighted by Crippen LogP contribution is -2.45. The van der Waals surface area contributed by atoms with Gasteiger partial charge in [-0.05, 0) is 25.7 Å². The predicted molar refractivity (Wildman–Crippen MR) is 99.7 cm³/mol. The highest BCUT2D eigenvalue weighted by atomic mass is 32.1. The number of nitrogens with zero attached hydrogens (tertiary/aromatic N) is 5. The highest BCUT2D eigenvalue weighted by Gasteiger charge is 2.30. The number of aromatic nitrogens is 3. The minimum absolute atomic E-state index is 0.586. The summed E-state index contributed by atoms with van der Waals surface area (Å²) in [5, 5.41) is 6.03. The average Bonchev–Trinajstić information content (AvgIpc) is 3.38. The Kier molecular flexibility index (Phi) is 4.39. The molecule has 3 aliphatic rings. The summed E-state index contributed by atoms with van der Waals surface area (Å²) >= 11 is 1.76. The minimum atomic E-state index is 0.586. The van der Waals surface area contributed by atoms with Crippen molar-refractivity contribution in [3.05, 3.63) is 11.9 Å². The van der Waals surface area contributed by atoms with Crippen molar-refractivity contribution in [1.82, 2.24) is 19.5 Å². The lowest BCUT2D eigenvalue weighted by Gasteiger charge is -2.32. The monoisotopic (exact) mass is 361 g/mol. The van der Waals surface area contributed by atoms with E-state index in [4.69, 9.17) is 14.8 Å². The number of fused-ring (bicyclic) bond motifs is 1. The van der Waals surface area contributed by atoms with Gasteiger partial charge in [-0.15, -0.1) is 5.10 Å². The summed E-state index contributed by atoms with van der Waals surface area (Å²) < 4.78 is 7.51. The SMILES string of the molecule is c1c(C2CCCC2)nc2sc(N3CCCC3CN3CCOCC3)nn12. The Morgan fingerprint density at radius 2 is 1.92 bits per heavy atom. The van der Waals surface area contributed by atoms with E-state index in [-0.39, 0.29) is 0 Å². The summed E-state index contributed by atoms with van der Waals surface area (Å²) in [7, 11) is 0. The van der Waals surface area contributed by atoms with Crippen LogP contribution in [0.4, 0.5) is 5.13 Å². The highest BCUT2D eigenvalue weighted by molar-refractivity contribution is 7.20. The van der Waals surface area contributed by atoms with Gasteiger partial charge in [0.15, 0.2) is 0 Å². The van der Waals surface area contributed by atoms with Gasteiger partial charge in [0.2, 0.25) is 10.1 Å². The average molecular weight is 362 g/mol. The van der Waals surface area contributed by atoms with Crippen LogP contribution in [0.15, 0.2) is 6.20 Å². The third-order valence-corrected chi connectivity index (χ3v) is 6.98. The van der Waals surface area contributed by atoms with E-state index in [1.54, 1.807) is 11.3 Å². The normalized spacial score (nSPS) is 26.2. The Hall–Kier alpha value is -1.18. The van der Waals surface area contributed by atoms with Crippen LogP contribution in [0.3, 0.4) is 0 Å². The van der Waals surface area contributed by atoms with Crippen LogP contribution in [0, 0.1) is 0 Å². The Balaban J connectivity index is 1.31. The van der Waals surface area contributed by atoms with E-state index in [1.165, 1.54) is 44.2 Å². The molecule has 6 nitrogen and oxygen atoms in total. The van der Waals surface area contributed by atoms with Crippen LogP contribution in [0.1, 0.15) is 50.1 Å². The van der Waals surface area contributed by atoms with Crippen molar-refractivity contribution in [2.45, 2.75) is 50.5 Å². The van der Waals surface area contributed by atoms with Crippen LogP contribution in [0.5, 0.6) is 0 Å². The molecule has 1 aliphatic carbocycles. The first-order valence-electron chi connectivity index (χ1n) is 9.80. The number of hydrogen-bond donors (Lipinski definition) is 0. The van der Waals surface area contributed by atoms with Crippen molar-refractivity contribution in [3.63, 3.8) is 0 Å². The number of ether oxygens (including phenoxy) is 1. The summed E-state index contributed by atoms with van der Waals surface area (Å²) in [6, 6.07) is 0.586. The molecule has 0 radical (unpaired) electrons. The summed E-state index contributed by atoms with van der Waals surface area (Å²) in [5.74, 6) is 0.665. The van der Waals surface area contributed by atoms with E-state index in [2.05, 4.69) is 16.0 Å². The van der Waals surface area contributed by atoms with Gasteiger partial charge in [0, 0.05) is 38.1 Å². The molecule has 4 heterocycles. The Morgan fingerprint density at radius 3 is 2.72 bits per heavy atom. The first-order chi connectivity index (χ1) is 12.4. The van der Waals surface area contributed by atoms with Crippen LogP contribution >= 0.6 is 11.3 Å². The molecule has 0 bridgehead atoms. The van der Waals surface area contributed by atoms with Gasteiger partial charge in [-0.2, -0.15) is 0 Å². The molecule has 1 unspecified atom stereocenters. The molecule has 1 atom stereocenters. The smallest absolute Gasteiger partial charge is 0.214 e. The fraction of sp³-hybridized carbons (Fsp3) is 0.778. The zero-order chi connectivity index (χ0) is 16.6. The molecular formula is C18H27N5OS. The van der Waals surface area contributed by atoms with Gasteiger partial charge < -0.3 is 9.64 Å². The number of imidazole rings is 1. The Morgan fingerprint density at radius 1 is 1.08 bits per heavy atom. The molecule has 0 spiro atoms. The Bertz CT molecular complexity index is 685. The van der Waals surface area contributed by atoms with Gasteiger partial charge in [0.05, 0.1) is 25.1 Å². The molecule has 136 valence electrons. The van der Waals surface area contributed by atoms with Gasteiger partial charge >= 0.3 is 0 Å². The fourth-order valence-electron chi connectivity index (χ4n) is 4.60. The maximum Gasteiger partial charge on any atom is 0.214 e. The second-order valence-corrected chi connectivity index (χ2v) is 8.60. The van der Waals surface area contributed by atoms with Crippen molar-refractivity contribution in [3.8, 4) is 0 Å². The molecule has 3 fully saturated rings. The first-order valence-corrected chi connectivity index (χ1v) is 10.6. The molecule has 2 aliphatic heterocycles. The second-order valence-electron chi connectivity index (χ2n) is 7.66. The first kappa shape index (κ1) is 16.0. The van der Waals surface area contributed by atoms with Crippen LogP contribution < -0.4 is 4.90 Å². The molecule has 2 saturated heterocycles. The topological polar surface area (TPSA) is 45.9 Å². The van der Waals surface area contributed by atoms with E-state index in [0.717, 1.165) is 49.5 Å². The van der Waals surface area contributed by atoms with Crippen molar-refractivity contribution in [1.29, 1.82) is 0 Å². The van der Waals surface area contributed by atoms with Gasteiger partial charge in [-0.1, -0.05) is 24.2 Å². The predicted octanol–water partition coefficient (Wildman–Crippen LogP) is 2.75. The highest BCUT2D eigenvalue weighted by Crippen LogP contribution is 2.35.